The molecule has 25 heavy (non-hydrogen) atoms. The zero-order chi connectivity index (χ0) is 17.6. The van der Waals surface area contributed by atoms with Gasteiger partial charge in [0, 0.05) is 41.5 Å². The van der Waals surface area contributed by atoms with Crippen LogP contribution in [0.5, 0.6) is 0 Å². The minimum absolute atomic E-state index is 0.204. The van der Waals surface area contributed by atoms with Gasteiger partial charge in [0.05, 0.1) is 25.1 Å². The molecule has 7 heteroatoms. The summed E-state index contributed by atoms with van der Waals surface area (Å²) in [5.74, 6) is 1.12. The molecule has 1 saturated heterocycles. The van der Waals surface area contributed by atoms with Crippen LogP contribution in [0.3, 0.4) is 0 Å². The molecule has 1 aliphatic rings. The van der Waals surface area contributed by atoms with Crippen molar-refractivity contribution in [1.29, 1.82) is 0 Å². The van der Waals surface area contributed by atoms with E-state index in [1.165, 1.54) is 0 Å². The van der Waals surface area contributed by atoms with Crippen LogP contribution in [0.4, 0.5) is 11.5 Å². The van der Waals surface area contributed by atoms with Crippen LogP contribution in [-0.2, 0) is 21.3 Å². The molecule has 1 amide bonds. The van der Waals surface area contributed by atoms with Crippen LogP contribution < -0.4 is 10.2 Å². The van der Waals surface area contributed by atoms with E-state index in [4.69, 9.17) is 4.74 Å². The maximum absolute atomic E-state index is 12.4. The van der Waals surface area contributed by atoms with Gasteiger partial charge in [-0.15, -0.1) is 0 Å². The predicted molar refractivity (Wildman–Crippen MR) is 99.4 cm³/mol. The molecule has 0 aliphatic carbocycles. The number of carbonyl (C=O) groups is 1. The number of aromatic nitrogens is 1. The minimum atomic E-state index is -0.937. The summed E-state index contributed by atoms with van der Waals surface area (Å²) < 4.78 is 16.7. The number of morpholine rings is 1. The third kappa shape index (κ3) is 4.87. The fraction of sp³-hybridized carbons (Fsp3) is 0.333. The molecule has 1 aliphatic heterocycles. The summed E-state index contributed by atoms with van der Waals surface area (Å²) in [6.07, 6.45) is 3.31. The second kappa shape index (κ2) is 8.22. The van der Waals surface area contributed by atoms with Gasteiger partial charge < -0.3 is 15.0 Å². The molecule has 0 saturated carbocycles. The highest BCUT2D eigenvalue weighted by molar-refractivity contribution is 7.83. The fourth-order valence-electron chi connectivity index (χ4n) is 2.68. The SMILES string of the molecule is CS(=O)Cc1cccc(C(=O)Nc2ccc(N3CCOCC3)nc2)c1. The van der Waals surface area contributed by atoms with Gasteiger partial charge in [0.2, 0.25) is 0 Å². The molecule has 2 aromatic rings. The average Bonchev–Trinajstić information content (AvgIpc) is 2.63. The topological polar surface area (TPSA) is 71.5 Å². The fourth-order valence-corrected chi connectivity index (χ4v) is 3.33. The summed E-state index contributed by atoms with van der Waals surface area (Å²) >= 11 is 0. The molecule has 1 fully saturated rings. The number of nitrogens with zero attached hydrogens (tertiary/aromatic N) is 2. The summed E-state index contributed by atoms with van der Waals surface area (Å²) in [5.41, 5.74) is 2.07. The Balaban J connectivity index is 1.65. The van der Waals surface area contributed by atoms with Crippen LogP contribution in [0.15, 0.2) is 42.6 Å². The molecule has 0 bridgehead atoms. The van der Waals surface area contributed by atoms with Gasteiger partial charge in [-0.05, 0) is 29.8 Å². The van der Waals surface area contributed by atoms with Crippen LogP contribution >= 0.6 is 0 Å². The van der Waals surface area contributed by atoms with Crippen LogP contribution in [0, 0.1) is 0 Å². The van der Waals surface area contributed by atoms with Crippen molar-refractivity contribution in [2.24, 2.45) is 0 Å². The van der Waals surface area contributed by atoms with Crippen molar-refractivity contribution in [2.75, 3.05) is 42.8 Å². The number of rotatable bonds is 5. The molecule has 1 N–H and O–H groups in total. The Morgan fingerprint density at radius 2 is 2.08 bits per heavy atom. The summed E-state index contributed by atoms with van der Waals surface area (Å²) in [6, 6.07) is 10.9. The van der Waals surface area contributed by atoms with Crippen molar-refractivity contribution >= 4 is 28.2 Å². The Morgan fingerprint density at radius 3 is 2.76 bits per heavy atom. The van der Waals surface area contributed by atoms with E-state index in [0.717, 1.165) is 24.5 Å². The number of carbonyl (C=O) groups excluding carboxylic acids is 1. The largest absolute Gasteiger partial charge is 0.378 e. The van der Waals surface area contributed by atoms with Crippen molar-refractivity contribution in [3.8, 4) is 0 Å². The molecule has 1 atom stereocenters. The average molecular weight is 359 g/mol. The van der Waals surface area contributed by atoms with Crippen LogP contribution in [0.1, 0.15) is 15.9 Å². The minimum Gasteiger partial charge on any atom is -0.378 e. The van der Waals surface area contributed by atoms with E-state index in [9.17, 15) is 9.00 Å². The zero-order valence-corrected chi connectivity index (χ0v) is 14.9. The Morgan fingerprint density at radius 1 is 1.28 bits per heavy atom. The molecular weight excluding hydrogens is 338 g/mol. The van der Waals surface area contributed by atoms with Gasteiger partial charge in [0.1, 0.15) is 5.82 Å². The van der Waals surface area contributed by atoms with E-state index >= 15 is 0 Å². The summed E-state index contributed by atoms with van der Waals surface area (Å²) in [5, 5.41) is 2.85. The number of hydrogen-bond acceptors (Lipinski definition) is 5. The Bertz CT molecular complexity index is 758. The van der Waals surface area contributed by atoms with Crippen LogP contribution in [0.2, 0.25) is 0 Å². The quantitative estimate of drug-likeness (QED) is 0.885. The van der Waals surface area contributed by atoms with Crippen LogP contribution in [0.25, 0.3) is 0 Å². The van der Waals surface area contributed by atoms with Gasteiger partial charge in [0.15, 0.2) is 0 Å². The van der Waals surface area contributed by atoms with Gasteiger partial charge in [-0.2, -0.15) is 0 Å². The molecule has 3 rings (SSSR count). The number of benzene rings is 1. The Kier molecular flexibility index (Phi) is 5.78. The molecular formula is C18H21N3O3S. The first-order valence-corrected chi connectivity index (χ1v) is 9.83. The number of anilines is 2. The highest BCUT2D eigenvalue weighted by Crippen LogP contribution is 2.16. The normalized spacial score (nSPS) is 15.6. The molecule has 1 aromatic carbocycles. The lowest BCUT2D eigenvalue weighted by atomic mass is 10.1. The van der Waals surface area contributed by atoms with E-state index < -0.39 is 10.8 Å². The van der Waals surface area contributed by atoms with Crippen LogP contribution in [-0.4, -0.2) is 47.7 Å². The van der Waals surface area contributed by atoms with E-state index in [2.05, 4.69) is 15.2 Å². The second-order valence-electron chi connectivity index (χ2n) is 5.88. The lowest BCUT2D eigenvalue weighted by molar-refractivity contribution is 0.102. The van der Waals surface area contributed by atoms with Gasteiger partial charge in [0.25, 0.3) is 5.91 Å². The first-order valence-electron chi connectivity index (χ1n) is 8.11. The molecule has 0 spiro atoms. The lowest BCUT2D eigenvalue weighted by Crippen LogP contribution is -2.36. The molecule has 1 aromatic heterocycles. The molecule has 132 valence electrons. The van der Waals surface area contributed by atoms with E-state index in [-0.39, 0.29) is 5.91 Å². The van der Waals surface area contributed by atoms with Crippen molar-refractivity contribution in [1.82, 2.24) is 4.98 Å². The zero-order valence-electron chi connectivity index (χ0n) is 14.1. The number of hydrogen-bond donors (Lipinski definition) is 1. The lowest BCUT2D eigenvalue weighted by Gasteiger charge is -2.27. The van der Waals surface area contributed by atoms with Gasteiger partial charge >= 0.3 is 0 Å². The highest BCUT2D eigenvalue weighted by atomic mass is 32.2. The Hall–Kier alpha value is -2.25. The van der Waals surface area contributed by atoms with Crippen molar-refractivity contribution < 1.29 is 13.7 Å². The van der Waals surface area contributed by atoms with Crippen molar-refractivity contribution in [3.05, 3.63) is 53.7 Å². The third-order valence-corrected chi connectivity index (χ3v) is 4.64. The maximum Gasteiger partial charge on any atom is 0.255 e. The summed E-state index contributed by atoms with van der Waals surface area (Å²) in [6.45, 7) is 3.06. The van der Waals surface area contributed by atoms with Gasteiger partial charge in [-0.3, -0.25) is 9.00 Å². The molecule has 0 radical (unpaired) electrons. The predicted octanol–water partition coefficient (Wildman–Crippen LogP) is 2.05. The smallest absolute Gasteiger partial charge is 0.255 e. The number of pyridine rings is 1. The molecule has 2 heterocycles. The first kappa shape index (κ1) is 17.6. The summed E-state index contributed by atoms with van der Waals surface area (Å²) in [4.78, 5) is 19.0. The third-order valence-electron chi connectivity index (χ3n) is 3.90. The van der Waals surface area contributed by atoms with Crippen molar-refractivity contribution in [3.63, 3.8) is 0 Å². The number of nitrogens with one attached hydrogen (secondary N) is 1. The van der Waals surface area contributed by atoms with Crippen molar-refractivity contribution in [2.45, 2.75) is 5.75 Å². The number of ether oxygens (including phenoxy) is 1. The van der Waals surface area contributed by atoms with E-state index in [0.29, 0.717) is 30.2 Å². The van der Waals surface area contributed by atoms with E-state index in [1.54, 1.807) is 30.7 Å². The van der Waals surface area contributed by atoms with E-state index in [1.807, 2.05) is 18.2 Å². The highest BCUT2D eigenvalue weighted by Gasteiger charge is 2.13. The molecule has 6 nitrogen and oxygen atoms in total. The van der Waals surface area contributed by atoms with Gasteiger partial charge in [-0.1, -0.05) is 12.1 Å². The number of amides is 1. The Labute approximate surface area is 149 Å². The monoisotopic (exact) mass is 359 g/mol. The van der Waals surface area contributed by atoms with Gasteiger partial charge in [-0.25, -0.2) is 4.98 Å². The first-order chi connectivity index (χ1) is 12.1. The molecule has 1 unspecified atom stereocenters. The maximum atomic E-state index is 12.4. The summed E-state index contributed by atoms with van der Waals surface area (Å²) in [7, 11) is -0.937. The second-order valence-corrected chi connectivity index (χ2v) is 7.31. The standard InChI is InChI=1S/C18H21N3O3S/c1-25(23)13-14-3-2-4-15(11-14)18(22)20-16-5-6-17(19-12-16)21-7-9-24-10-8-21/h2-6,11-12H,7-10,13H2,1H3,(H,20,22).